The monoisotopic (exact) mass is 282 g/mol. The molecule has 21 heavy (non-hydrogen) atoms. The second-order valence-electron chi connectivity index (χ2n) is 5.63. The number of hydrogen-bond donors (Lipinski definition) is 2. The number of nitrogens with one attached hydrogen (secondary N) is 1. The molecule has 110 valence electrons. The lowest BCUT2D eigenvalue weighted by molar-refractivity contribution is 0.304. The van der Waals surface area contributed by atoms with E-state index in [4.69, 9.17) is 5.11 Å². The van der Waals surface area contributed by atoms with E-state index < -0.39 is 0 Å². The highest BCUT2D eigenvalue weighted by atomic mass is 16.3. The van der Waals surface area contributed by atoms with Crippen LogP contribution in [0.5, 0.6) is 0 Å². The number of hydrogen-bond acceptors (Lipinski definition) is 3. The maximum absolute atomic E-state index is 8.98. The Morgan fingerprint density at radius 1 is 1.14 bits per heavy atom. The molecule has 2 aromatic carbocycles. The third kappa shape index (κ3) is 3.03. The molecule has 1 aliphatic carbocycles. The minimum Gasteiger partial charge on any atom is -0.395 e. The summed E-state index contributed by atoms with van der Waals surface area (Å²) < 4.78 is 0. The summed E-state index contributed by atoms with van der Waals surface area (Å²) in [6, 6.07) is 17.5. The molecule has 1 unspecified atom stereocenters. The highest BCUT2D eigenvalue weighted by molar-refractivity contribution is 5.56. The van der Waals surface area contributed by atoms with Crippen molar-refractivity contribution in [3.05, 3.63) is 59.7 Å². The summed E-state index contributed by atoms with van der Waals surface area (Å²) in [6.45, 7) is 0.831. The first-order chi connectivity index (χ1) is 10.3. The van der Waals surface area contributed by atoms with E-state index in [1.54, 1.807) is 0 Å². The summed E-state index contributed by atoms with van der Waals surface area (Å²) in [7, 11) is 1.99. The van der Waals surface area contributed by atoms with Crippen LogP contribution in [0.3, 0.4) is 0 Å². The normalized spacial score (nSPS) is 16.6. The van der Waals surface area contributed by atoms with E-state index in [0.29, 0.717) is 12.6 Å². The minimum atomic E-state index is 0.176. The van der Waals surface area contributed by atoms with Crippen LogP contribution in [0.1, 0.15) is 23.6 Å². The van der Waals surface area contributed by atoms with E-state index >= 15 is 0 Å². The Bertz CT molecular complexity index is 594. The summed E-state index contributed by atoms with van der Waals surface area (Å²) in [5, 5.41) is 12.6. The van der Waals surface area contributed by atoms with E-state index in [2.05, 4.69) is 58.7 Å². The second-order valence-corrected chi connectivity index (χ2v) is 5.63. The molecule has 3 heteroatoms. The van der Waals surface area contributed by atoms with Crippen molar-refractivity contribution in [2.75, 3.05) is 30.4 Å². The number of fused-ring (bicyclic) bond motifs is 1. The van der Waals surface area contributed by atoms with Crippen molar-refractivity contribution < 1.29 is 5.11 Å². The van der Waals surface area contributed by atoms with Gasteiger partial charge in [-0.1, -0.05) is 24.3 Å². The Balaban J connectivity index is 1.69. The van der Waals surface area contributed by atoms with Crippen LogP contribution in [-0.2, 0) is 6.42 Å². The maximum Gasteiger partial charge on any atom is 0.0606 e. The van der Waals surface area contributed by atoms with Gasteiger partial charge in [0, 0.05) is 25.0 Å². The molecule has 0 fully saturated rings. The van der Waals surface area contributed by atoms with Crippen LogP contribution < -0.4 is 10.2 Å². The highest BCUT2D eigenvalue weighted by Crippen LogP contribution is 2.33. The molecule has 1 aliphatic rings. The Labute approximate surface area is 126 Å². The average Bonchev–Trinajstić information content (AvgIpc) is 2.92. The van der Waals surface area contributed by atoms with E-state index in [9.17, 15) is 0 Å². The van der Waals surface area contributed by atoms with Crippen LogP contribution >= 0.6 is 0 Å². The summed E-state index contributed by atoms with van der Waals surface area (Å²) in [5.41, 5.74) is 5.17. The number of benzene rings is 2. The number of aliphatic hydroxyl groups excluding tert-OH is 1. The standard InChI is InChI=1S/C18H22N2O/c1-20(12-13-21)16-9-7-15(8-10-16)19-18-11-6-14-4-2-3-5-17(14)18/h2-5,7-10,18-19,21H,6,11-13H2,1H3. The van der Waals surface area contributed by atoms with Gasteiger partial charge in [-0.3, -0.25) is 0 Å². The third-order valence-corrected chi connectivity index (χ3v) is 4.22. The number of rotatable bonds is 5. The first-order valence-electron chi connectivity index (χ1n) is 7.54. The zero-order valence-corrected chi connectivity index (χ0v) is 12.4. The van der Waals surface area contributed by atoms with Gasteiger partial charge in [0.25, 0.3) is 0 Å². The molecule has 3 nitrogen and oxygen atoms in total. The summed E-state index contributed by atoms with van der Waals surface area (Å²) >= 11 is 0. The van der Waals surface area contributed by atoms with Crippen molar-refractivity contribution in [2.24, 2.45) is 0 Å². The van der Waals surface area contributed by atoms with Gasteiger partial charge in [0.15, 0.2) is 0 Å². The first-order valence-corrected chi connectivity index (χ1v) is 7.54. The van der Waals surface area contributed by atoms with Crippen LogP contribution in [-0.4, -0.2) is 25.3 Å². The first kappa shape index (κ1) is 14.0. The largest absolute Gasteiger partial charge is 0.395 e. The lowest BCUT2D eigenvalue weighted by Gasteiger charge is -2.20. The molecular formula is C18H22N2O. The topological polar surface area (TPSA) is 35.5 Å². The third-order valence-electron chi connectivity index (χ3n) is 4.22. The van der Waals surface area contributed by atoms with Gasteiger partial charge in [-0.15, -0.1) is 0 Å². The molecule has 1 atom stereocenters. The molecule has 3 rings (SSSR count). The van der Waals surface area contributed by atoms with Crippen molar-refractivity contribution in [1.29, 1.82) is 0 Å². The molecule has 0 saturated heterocycles. The van der Waals surface area contributed by atoms with Crippen molar-refractivity contribution in [2.45, 2.75) is 18.9 Å². The molecule has 2 N–H and O–H groups in total. The van der Waals surface area contributed by atoms with Gasteiger partial charge in [0.05, 0.1) is 12.6 Å². The Morgan fingerprint density at radius 3 is 2.67 bits per heavy atom. The van der Waals surface area contributed by atoms with Crippen LogP contribution in [0.25, 0.3) is 0 Å². The molecule has 0 aliphatic heterocycles. The van der Waals surface area contributed by atoms with Crippen LogP contribution in [0.4, 0.5) is 11.4 Å². The van der Waals surface area contributed by atoms with Gasteiger partial charge < -0.3 is 15.3 Å². The predicted molar refractivity (Wildman–Crippen MR) is 87.9 cm³/mol. The Hall–Kier alpha value is -2.00. The van der Waals surface area contributed by atoms with Gasteiger partial charge in [0.2, 0.25) is 0 Å². The molecule has 0 bridgehead atoms. The van der Waals surface area contributed by atoms with Gasteiger partial charge in [-0.05, 0) is 48.2 Å². The van der Waals surface area contributed by atoms with Crippen LogP contribution in [0, 0.1) is 0 Å². The second kappa shape index (κ2) is 6.19. The zero-order chi connectivity index (χ0) is 14.7. The zero-order valence-electron chi connectivity index (χ0n) is 12.4. The molecule has 0 heterocycles. The summed E-state index contributed by atoms with van der Waals surface area (Å²) in [6.07, 6.45) is 2.32. The molecule has 0 radical (unpaired) electrons. The predicted octanol–water partition coefficient (Wildman–Crippen LogP) is 3.21. The van der Waals surface area contributed by atoms with E-state index in [-0.39, 0.29) is 6.61 Å². The summed E-state index contributed by atoms with van der Waals surface area (Å²) in [4.78, 5) is 2.05. The average molecular weight is 282 g/mol. The fraction of sp³-hybridized carbons (Fsp3) is 0.333. The van der Waals surface area contributed by atoms with Crippen molar-refractivity contribution in [3.8, 4) is 0 Å². The smallest absolute Gasteiger partial charge is 0.0606 e. The Morgan fingerprint density at radius 2 is 1.90 bits per heavy atom. The summed E-state index contributed by atoms with van der Waals surface area (Å²) in [5.74, 6) is 0. The van der Waals surface area contributed by atoms with E-state index in [0.717, 1.165) is 24.2 Å². The quantitative estimate of drug-likeness (QED) is 0.884. The van der Waals surface area contributed by atoms with Crippen molar-refractivity contribution in [3.63, 3.8) is 0 Å². The van der Waals surface area contributed by atoms with Crippen molar-refractivity contribution in [1.82, 2.24) is 0 Å². The van der Waals surface area contributed by atoms with Gasteiger partial charge in [-0.2, -0.15) is 0 Å². The highest BCUT2D eigenvalue weighted by Gasteiger charge is 2.21. The van der Waals surface area contributed by atoms with Crippen molar-refractivity contribution >= 4 is 11.4 Å². The SMILES string of the molecule is CN(CCO)c1ccc(NC2CCc3ccccc32)cc1. The molecule has 0 aromatic heterocycles. The number of nitrogens with zero attached hydrogens (tertiary/aromatic N) is 1. The molecule has 2 aromatic rings. The lowest BCUT2D eigenvalue weighted by Crippen LogP contribution is -2.20. The molecule has 0 saturated carbocycles. The molecule has 0 amide bonds. The lowest BCUT2D eigenvalue weighted by atomic mass is 10.1. The molecule has 0 spiro atoms. The number of aryl methyl sites for hydroxylation is 1. The fourth-order valence-corrected chi connectivity index (χ4v) is 3.00. The van der Waals surface area contributed by atoms with Crippen LogP contribution in [0.2, 0.25) is 0 Å². The van der Waals surface area contributed by atoms with Crippen LogP contribution in [0.15, 0.2) is 48.5 Å². The van der Waals surface area contributed by atoms with E-state index in [1.165, 1.54) is 11.1 Å². The number of anilines is 2. The minimum absolute atomic E-state index is 0.176. The maximum atomic E-state index is 8.98. The van der Waals surface area contributed by atoms with Gasteiger partial charge in [-0.25, -0.2) is 0 Å². The number of aliphatic hydroxyl groups is 1. The van der Waals surface area contributed by atoms with E-state index in [1.807, 2.05) is 7.05 Å². The van der Waals surface area contributed by atoms with Gasteiger partial charge >= 0.3 is 0 Å². The fourth-order valence-electron chi connectivity index (χ4n) is 3.00. The Kier molecular flexibility index (Phi) is 4.11. The molecular weight excluding hydrogens is 260 g/mol. The van der Waals surface area contributed by atoms with Gasteiger partial charge in [0.1, 0.15) is 0 Å². The number of likely N-dealkylation sites (N-methyl/N-ethyl adjacent to an activating group) is 1.